The monoisotopic (exact) mass is 458 g/mol. The Kier molecular flexibility index (Phi) is 5.71. The lowest BCUT2D eigenvalue weighted by Crippen LogP contribution is -2.30. The molecule has 1 aliphatic rings. The van der Waals surface area contributed by atoms with Crippen molar-refractivity contribution in [3.05, 3.63) is 78.0 Å². The van der Waals surface area contributed by atoms with Crippen LogP contribution in [-0.4, -0.2) is 48.2 Å². The third-order valence-corrected chi connectivity index (χ3v) is 6.03. The molecule has 0 spiro atoms. The molecule has 1 N–H and O–H groups in total. The van der Waals surface area contributed by atoms with Gasteiger partial charge in [0.15, 0.2) is 0 Å². The van der Waals surface area contributed by atoms with E-state index in [-0.39, 0.29) is 5.82 Å². The first kappa shape index (κ1) is 21.6. The predicted octanol–water partition coefficient (Wildman–Crippen LogP) is 4.85. The Morgan fingerprint density at radius 1 is 1.09 bits per heavy atom. The molecule has 1 aliphatic heterocycles. The van der Waals surface area contributed by atoms with E-state index in [0.29, 0.717) is 35.8 Å². The van der Waals surface area contributed by atoms with Crippen LogP contribution in [0.1, 0.15) is 22.5 Å². The number of benzene rings is 1. The fraction of sp³-hybridized carbons (Fsp3) is 0.192. The molecule has 7 nitrogen and oxygen atoms in total. The Morgan fingerprint density at radius 2 is 1.97 bits per heavy atom. The number of methoxy groups -OCH3 is 2. The highest BCUT2D eigenvalue weighted by molar-refractivity contribution is 5.97. The molecular formula is C26H23FN4O3. The zero-order valence-corrected chi connectivity index (χ0v) is 18.8. The van der Waals surface area contributed by atoms with Crippen molar-refractivity contribution in [2.45, 2.75) is 6.42 Å². The van der Waals surface area contributed by atoms with E-state index in [2.05, 4.69) is 25.9 Å². The molecule has 4 heterocycles. The van der Waals surface area contributed by atoms with Crippen LogP contribution in [0.15, 0.2) is 60.9 Å². The Labute approximate surface area is 195 Å². The van der Waals surface area contributed by atoms with E-state index in [0.717, 1.165) is 34.3 Å². The lowest BCUT2D eigenvalue weighted by Gasteiger charge is -2.28. The van der Waals surface area contributed by atoms with E-state index in [9.17, 15) is 9.18 Å². The van der Waals surface area contributed by atoms with Gasteiger partial charge in [-0.1, -0.05) is 6.08 Å². The number of hydrogen-bond donors (Lipinski definition) is 1. The number of carbonyl (C=O) groups is 1. The number of pyridine rings is 2. The molecule has 0 bridgehead atoms. The quantitative estimate of drug-likeness (QED) is 0.431. The second-order valence-electron chi connectivity index (χ2n) is 7.94. The van der Waals surface area contributed by atoms with Gasteiger partial charge in [0.25, 0.3) is 0 Å². The van der Waals surface area contributed by atoms with Crippen molar-refractivity contribution in [3.63, 3.8) is 0 Å². The molecule has 0 radical (unpaired) electrons. The number of H-pyrrole nitrogens is 1. The Hall–Kier alpha value is -4.20. The van der Waals surface area contributed by atoms with Gasteiger partial charge in [0.2, 0.25) is 0 Å². The first-order valence-corrected chi connectivity index (χ1v) is 10.9. The van der Waals surface area contributed by atoms with Gasteiger partial charge in [-0.2, -0.15) is 0 Å². The average molecular weight is 458 g/mol. The first-order chi connectivity index (χ1) is 16.6. The average Bonchev–Trinajstić information content (AvgIpc) is 3.33. The van der Waals surface area contributed by atoms with Crippen LogP contribution in [0.25, 0.3) is 27.7 Å². The highest BCUT2D eigenvalue weighted by Gasteiger charge is 2.22. The summed E-state index contributed by atoms with van der Waals surface area (Å²) in [4.78, 5) is 26.5. The summed E-state index contributed by atoms with van der Waals surface area (Å²) >= 11 is 0. The molecule has 0 unspecified atom stereocenters. The largest absolute Gasteiger partial charge is 0.496 e. The van der Waals surface area contributed by atoms with Gasteiger partial charge in [-0.3, -0.25) is 0 Å². The summed E-state index contributed by atoms with van der Waals surface area (Å²) in [5, 5.41) is 0.891. The zero-order valence-electron chi connectivity index (χ0n) is 18.8. The SMILES string of the molecule is COC(=O)c1cccnc1N1CC=C(c2cc3c(-c4cc(F)ccc4OC)ccnc3[nH]2)CC1. The van der Waals surface area contributed by atoms with Gasteiger partial charge in [-0.05, 0) is 60.0 Å². The fourth-order valence-corrected chi connectivity index (χ4v) is 4.35. The minimum atomic E-state index is -0.403. The summed E-state index contributed by atoms with van der Waals surface area (Å²) in [6.07, 6.45) is 6.25. The van der Waals surface area contributed by atoms with Crippen molar-refractivity contribution in [2.75, 3.05) is 32.2 Å². The summed E-state index contributed by atoms with van der Waals surface area (Å²) in [6.45, 7) is 1.30. The molecule has 0 saturated heterocycles. The standard InChI is InChI=1S/C26H23FN4O3/c1-33-23-6-5-17(27)14-20(23)18-7-11-28-24-21(18)15-22(30-24)16-8-12-31(13-9-16)25-19(26(32)34-2)4-3-10-29-25/h3-8,10-11,14-15H,9,12-13H2,1-2H3,(H,28,30). The van der Waals surface area contributed by atoms with Crippen LogP contribution in [0.5, 0.6) is 5.75 Å². The lowest BCUT2D eigenvalue weighted by molar-refractivity contribution is 0.0601. The molecule has 0 aliphatic carbocycles. The number of aromatic amines is 1. The zero-order chi connectivity index (χ0) is 23.7. The maximum absolute atomic E-state index is 14.0. The van der Waals surface area contributed by atoms with Crippen molar-refractivity contribution < 1.29 is 18.7 Å². The van der Waals surface area contributed by atoms with E-state index in [1.165, 1.54) is 19.2 Å². The molecule has 34 heavy (non-hydrogen) atoms. The molecule has 4 aromatic rings. The number of nitrogens with one attached hydrogen (secondary N) is 1. The highest BCUT2D eigenvalue weighted by Crippen LogP contribution is 2.37. The van der Waals surface area contributed by atoms with Gasteiger partial charge in [-0.15, -0.1) is 0 Å². The number of nitrogens with zero attached hydrogens (tertiary/aromatic N) is 3. The van der Waals surface area contributed by atoms with Crippen molar-refractivity contribution in [3.8, 4) is 16.9 Å². The van der Waals surface area contributed by atoms with Crippen LogP contribution >= 0.6 is 0 Å². The van der Waals surface area contributed by atoms with Crippen molar-refractivity contribution >= 4 is 28.4 Å². The number of rotatable bonds is 5. The van der Waals surface area contributed by atoms with E-state index >= 15 is 0 Å². The Bertz CT molecular complexity index is 1410. The minimum absolute atomic E-state index is 0.326. The van der Waals surface area contributed by atoms with Crippen LogP contribution < -0.4 is 9.64 Å². The van der Waals surface area contributed by atoms with E-state index in [1.807, 2.05) is 12.1 Å². The molecule has 1 aromatic carbocycles. The molecule has 0 fully saturated rings. The highest BCUT2D eigenvalue weighted by atomic mass is 19.1. The van der Waals surface area contributed by atoms with Crippen molar-refractivity contribution in [1.29, 1.82) is 0 Å². The Balaban J connectivity index is 1.47. The van der Waals surface area contributed by atoms with Gasteiger partial charge in [0, 0.05) is 42.1 Å². The van der Waals surface area contributed by atoms with Gasteiger partial charge < -0.3 is 19.4 Å². The Morgan fingerprint density at radius 3 is 2.74 bits per heavy atom. The number of fused-ring (bicyclic) bond motifs is 1. The number of anilines is 1. The summed E-state index contributed by atoms with van der Waals surface area (Å²) in [5.74, 6) is 0.483. The van der Waals surface area contributed by atoms with Gasteiger partial charge in [0.1, 0.15) is 28.6 Å². The fourth-order valence-electron chi connectivity index (χ4n) is 4.35. The molecule has 5 rings (SSSR count). The molecule has 0 amide bonds. The van der Waals surface area contributed by atoms with Gasteiger partial charge >= 0.3 is 5.97 Å². The number of halogens is 1. The van der Waals surface area contributed by atoms with Crippen molar-refractivity contribution in [2.24, 2.45) is 0 Å². The molecule has 0 saturated carbocycles. The van der Waals surface area contributed by atoms with Crippen molar-refractivity contribution in [1.82, 2.24) is 15.0 Å². The number of esters is 1. The van der Waals surface area contributed by atoms with Crippen LogP contribution in [0, 0.1) is 5.82 Å². The normalized spacial score (nSPS) is 13.6. The molecular weight excluding hydrogens is 435 g/mol. The molecule has 172 valence electrons. The lowest BCUT2D eigenvalue weighted by atomic mass is 10.0. The third kappa shape index (κ3) is 3.87. The maximum atomic E-state index is 14.0. The number of hydrogen-bond acceptors (Lipinski definition) is 6. The minimum Gasteiger partial charge on any atom is -0.496 e. The topological polar surface area (TPSA) is 80.3 Å². The summed E-state index contributed by atoms with van der Waals surface area (Å²) < 4.78 is 24.4. The summed E-state index contributed by atoms with van der Waals surface area (Å²) in [6, 6.07) is 11.8. The van der Waals surface area contributed by atoms with Crippen LogP contribution in [0.2, 0.25) is 0 Å². The molecule has 3 aromatic heterocycles. The van der Waals surface area contributed by atoms with Crippen LogP contribution in [0.3, 0.4) is 0 Å². The van der Waals surface area contributed by atoms with Gasteiger partial charge in [0.05, 0.1) is 14.2 Å². The smallest absolute Gasteiger partial charge is 0.341 e. The summed E-state index contributed by atoms with van der Waals surface area (Å²) in [7, 11) is 2.94. The predicted molar refractivity (Wildman–Crippen MR) is 128 cm³/mol. The maximum Gasteiger partial charge on any atom is 0.341 e. The number of ether oxygens (including phenoxy) is 2. The van der Waals surface area contributed by atoms with Gasteiger partial charge in [-0.25, -0.2) is 19.2 Å². The van der Waals surface area contributed by atoms with Crippen LogP contribution in [0.4, 0.5) is 10.2 Å². The second-order valence-corrected chi connectivity index (χ2v) is 7.94. The molecule has 8 heteroatoms. The first-order valence-electron chi connectivity index (χ1n) is 10.9. The third-order valence-electron chi connectivity index (χ3n) is 6.03. The number of aromatic nitrogens is 3. The van der Waals surface area contributed by atoms with E-state index in [4.69, 9.17) is 9.47 Å². The second kappa shape index (κ2) is 8.97. The van der Waals surface area contributed by atoms with E-state index in [1.54, 1.807) is 37.7 Å². The summed E-state index contributed by atoms with van der Waals surface area (Å²) in [5.41, 5.74) is 4.79. The van der Waals surface area contributed by atoms with Crippen LogP contribution in [-0.2, 0) is 4.74 Å². The molecule has 0 atom stereocenters. The number of carbonyl (C=O) groups excluding carboxylic acids is 1. The van der Waals surface area contributed by atoms with E-state index < -0.39 is 5.97 Å².